The van der Waals surface area contributed by atoms with Crippen molar-refractivity contribution in [2.75, 3.05) is 0 Å². The highest BCUT2D eigenvalue weighted by molar-refractivity contribution is 5.83. The van der Waals surface area contributed by atoms with E-state index in [1.54, 1.807) is 0 Å². The summed E-state index contributed by atoms with van der Waals surface area (Å²) in [6.07, 6.45) is 0.772. The fraction of sp³-hybridized carbons (Fsp3) is 0.400. The smallest absolute Gasteiger partial charge is 0.172 e. The summed E-state index contributed by atoms with van der Waals surface area (Å²) in [5, 5.41) is 8.05. The van der Waals surface area contributed by atoms with Gasteiger partial charge in [0.1, 0.15) is 0 Å². The predicted octanol–water partition coefficient (Wildman–Crippen LogP) is 3.03. The zero-order valence-corrected chi connectivity index (χ0v) is 11.8. The van der Waals surface area contributed by atoms with Crippen LogP contribution in [0.15, 0.2) is 18.2 Å². The van der Waals surface area contributed by atoms with E-state index < -0.39 is 0 Å². The topological polar surface area (TPSA) is 47.8 Å². The Hall–Kier alpha value is -1.97. The number of aromatic nitrogens is 3. The minimum absolute atomic E-state index is 0.406. The number of nitrogens with zero attached hydrogens (tertiary/aromatic N) is 3. The van der Waals surface area contributed by atoms with E-state index in [1.807, 2.05) is 10.7 Å². The van der Waals surface area contributed by atoms with Gasteiger partial charge < -0.3 is 0 Å². The van der Waals surface area contributed by atoms with Gasteiger partial charge in [0.25, 0.3) is 0 Å². The van der Waals surface area contributed by atoms with Gasteiger partial charge >= 0.3 is 0 Å². The molecule has 0 aliphatic heterocycles. The molecule has 4 heteroatoms. The Balaban J connectivity index is 2.55. The van der Waals surface area contributed by atoms with Crippen molar-refractivity contribution in [2.45, 2.75) is 34.2 Å². The van der Waals surface area contributed by atoms with Crippen LogP contribution < -0.4 is 0 Å². The molecule has 2 rings (SSSR count). The lowest BCUT2D eigenvalue weighted by Crippen LogP contribution is -2.08. The SMILES string of the molecule is Cc1ccc(-c2c(C=O)nnn2CC(C)C)cc1C. The van der Waals surface area contributed by atoms with Crippen molar-refractivity contribution in [2.24, 2.45) is 5.92 Å². The molecule has 4 nitrogen and oxygen atoms in total. The fourth-order valence-electron chi connectivity index (χ4n) is 2.07. The molecule has 2 aromatic rings. The lowest BCUT2D eigenvalue weighted by atomic mass is 10.0. The van der Waals surface area contributed by atoms with Crippen LogP contribution in [0.5, 0.6) is 0 Å². The number of aryl methyl sites for hydroxylation is 2. The van der Waals surface area contributed by atoms with Gasteiger partial charge in [-0.2, -0.15) is 0 Å². The van der Waals surface area contributed by atoms with E-state index >= 15 is 0 Å². The van der Waals surface area contributed by atoms with Crippen LogP contribution in [-0.4, -0.2) is 21.3 Å². The Labute approximate surface area is 113 Å². The van der Waals surface area contributed by atoms with Gasteiger partial charge in [-0.05, 0) is 37.0 Å². The summed E-state index contributed by atoms with van der Waals surface area (Å²) in [5.74, 6) is 0.450. The average Bonchev–Trinajstić information content (AvgIpc) is 2.74. The summed E-state index contributed by atoms with van der Waals surface area (Å²) in [7, 11) is 0. The fourth-order valence-corrected chi connectivity index (χ4v) is 2.07. The monoisotopic (exact) mass is 257 g/mol. The number of rotatable bonds is 4. The molecule has 0 radical (unpaired) electrons. The van der Waals surface area contributed by atoms with Gasteiger partial charge in [-0.15, -0.1) is 5.10 Å². The Bertz CT molecular complexity index is 599. The van der Waals surface area contributed by atoms with Crippen molar-refractivity contribution in [3.8, 4) is 11.3 Å². The molecule has 19 heavy (non-hydrogen) atoms. The van der Waals surface area contributed by atoms with Crippen molar-refractivity contribution in [1.82, 2.24) is 15.0 Å². The lowest BCUT2D eigenvalue weighted by molar-refractivity contribution is 0.111. The molecule has 0 fully saturated rings. The number of hydrogen-bond donors (Lipinski definition) is 0. The summed E-state index contributed by atoms with van der Waals surface area (Å²) in [6, 6.07) is 6.16. The third-order valence-electron chi connectivity index (χ3n) is 3.19. The molecule has 0 saturated heterocycles. The van der Waals surface area contributed by atoms with E-state index in [1.165, 1.54) is 11.1 Å². The molecule has 0 aliphatic rings. The summed E-state index contributed by atoms with van der Waals surface area (Å²) in [5.41, 5.74) is 4.65. The number of aldehydes is 1. The molecule has 1 aromatic carbocycles. The number of carbonyl (C=O) groups is 1. The van der Waals surface area contributed by atoms with Crippen molar-refractivity contribution in [3.05, 3.63) is 35.0 Å². The highest BCUT2D eigenvalue weighted by atomic mass is 16.1. The second-order valence-electron chi connectivity index (χ2n) is 5.32. The van der Waals surface area contributed by atoms with E-state index in [-0.39, 0.29) is 0 Å². The molecule has 0 amide bonds. The maximum atomic E-state index is 11.1. The van der Waals surface area contributed by atoms with Crippen LogP contribution in [0, 0.1) is 19.8 Å². The third kappa shape index (κ3) is 2.72. The minimum atomic E-state index is 0.406. The van der Waals surface area contributed by atoms with Crippen LogP contribution in [0.1, 0.15) is 35.5 Å². The Morgan fingerprint density at radius 3 is 2.58 bits per heavy atom. The van der Waals surface area contributed by atoms with Crippen LogP contribution >= 0.6 is 0 Å². The van der Waals surface area contributed by atoms with Crippen molar-refractivity contribution >= 4 is 6.29 Å². The summed E-state index contributed by atoms with van der Waals surface area (Å²) in [6.45, 7) is 9.13. The second kappa shape index (κ2) is 5.34. The molecule has 0 atom stereocenters. The van der Waals surface area contributed by atoms with E-state index in [4.69, 9.17) is 0 Å². The van der Waals surface area contributed by atoms with Crippen LogP contribution in [0.3, 0.4) is 0 Å². The van der Waals surface area contributed by atoms with E-state index in [0.717, 1.165) is 24.1 Å². The quantitative estimate of drug-likeness (QED) is 0.791. The first-order valence-corrected chi connectivity index (χ1v) is 6.49. The molecule has 0 aliphatic carbocycles. The zero-order chi connectivity index (χ0) is 14.0. The first-order chi connectivity index (χ1) is 9.02. The van der Waals surface area contributed by atoms with Crippen molar-refractivity contribution in [3.63, 3.8) is 0 Å². The lowest BCUT2D eigenvalue weighted by Gasteiger charge is -2.10. The third-order valence-corrected chi connectivity index (χ3v) is 3.19. The highest BCUT2D eigenvalue weighted by Gasteiger charge is 2.15. The Morgan fingerprint density at radius 2 is 2.00 bits per heavy atom. The number of carbonyl (C=O) groups excluding carboxylic acids is 1. The first-order valence-electron chi connectivity index (χ1n) is 6.49. The second-order valence-corrected chi connectivity index (χ2v) is 5.32. The maximum absolute atomic E-state index is 11.1. The van der Waals surface area contributed by atoms with E-state index in [9.17, 15) is 4.79 Å². The predicted molar refractivity (Wildman–Crippen MR) is 75.2 cm³/mol. The van der Waals surface area contributed by atoms with Gasteiger partial charge in [-0.1, -0.05) is 31.2 Å². The maximum Gasteiger partial charge on any atom is 0.172 e. The molecule has 1 heterocycles. The number of hydrogen-bond acceptors (Lipinski definition) is 3. The van der Waals surface area contributed by atoms with E-state index in [0.29, 0.717) is 11.6 Å². The molecule has 0 N–H and O–H groups in total. The van der Waals surface area contributed by atoms with Crippen LogP contribution in [-0.2, 0) is 6.54 Å². The molecule has 0 saturated carbocycles. The first kappa shape index (κ1) is 13.5. The molecule has 0 spiro atoms. The van der Waals surface area contributed by atoms with Gasteiger partial charge in [-0.25, -0.2) is 4.68 Å². The molecular weight excluding hydrogens is 238 g/mol. The van der Waals surface area contributed by atoms with Crippen molar-refractivity contribution in [1.29, 1.82) is 0 Å². The van der Waals surface area contributed by atoms with Crippen LogP contribution in [0.2, 0.25) is 0 Å². The molecule has 100 valence electrons. The van der Waals surface area contributed by atoms with Gasteiger partial charge in [0.05, 0.1) is 5.69 Å². The summed E-state index contributed by atoms with van der Waals surface area (Å²) < 4.78 is 1.82. The van der Waals surface area contributed by atoms with Gasteiger partial charge in [0.15, 0.2) is 12.0 Å². The van der Waals surface area contributed by atoms with E-state index in [2.05, 4.69) is 50.1 Å². The summed E-state index contributed by atoms with van der Waals surface area (Å²) >= 11 is 0. The normalized spacial score (nSPS) is 11.0. The largest absolute Gasteiger partial charge is 0.296 e. The average molecular weight is 257 g/mol. The number of benzene rings is 1. The van der Waals surface area contributed by atoms with Gasteiger partial charge in [0.2, 0.25) is 0 Å². The van der Waals surface area contributed by atoms with Crippen molar-refractivity contribution < 1.29 is 4.79 Å². The highest BCUT2D eigenvalue weighted by Crippen LogP contribution is 2.24. The Kier molecular flexibility index (Phi) is 3.79. The molecule has 0 unspecified atom stereocenters. The molecule has 0 bridgehead atoms. The minimum Gasteiger partial charge on any atom is -0.296 e. The van der Waals surface area contributed by atoms with Gasteiger partial charge in [0, 0.05) is 12.1 Å². The zero-order valence-electron chi connectivity index (χ0n) is 11.8. The molecular formula is C15H19N3O. The van der Waals surface area contributed by atoms with Crippen LogP contribution in [0.25, 0.3) is 11.3 Å². The standard InChI is InChI=1S/C15H19N3O/c1-10(2)8-18-15(14(9-19)16-17-18)13-6-5-11(3)12(4)7-13/h5-7,9-10H,8H2,1-4H3. The van der Waals surface area contributed by atoms with Crippen LogP contribution in [0.4, 0.5) is 0 Å². The Morgan fingerprint density at radius 1 is 1.26 bits per heavy atom. The molecule has 1 aromatic heterocycles. The van der Waals surface area contributed by atoms with Gasteiger partial charge in [-0.3, -0.25) is 4.79 Å². The summed E-state index contributed by atoms with van der Waals surface area (Å²) in [4.78, 5) is 11.1.